The first-order valence-corrected chi connectivity index (χ1v) is 7.29. The van der Waals surface area contributed by atoms with Gasteiger partial charge < -0.3 is 4.74 Å². The molecule has 1 aliphatic carbocycles. The molecule has 1 fully saturated rings. The third-order valence-corrected chi connectivity index (χ3v) is 3.86. The van der Waals surface area contributed by atoms with Gasteiger partial charge in [-0.25, -0.2) is 4.79 Å². The lowest BCUT2D eigenvalue weighted by atomic mass is 9.89. The lowest BCUT2D eigenvalue weighted by Gasteiger charge is -2.16. The van der Waals surface area contributed by atoms with E-state index in [-0.39, 0.29) is 5.97 Å². The molecule has 2 heteroatoms. The Morgan fingerprint density at radius 1 is 1.32 bits per heavy atom. The first-order chi connectivity index (χ1) is 9.17. The SMILES string of the molecule is C=C/C(C)=C/C[C@@H]1CCC[C@H]1C/C=C/C(=O)OCC. The van der Waals surface area contributed by atoms with Gasteiger partial charge >= 0.3 is 5.97 Å². The summed E-state index contributed by atoms with van der Waals surface area (Å²) in [4.78, 5) is 11.2. The lowest BCUT2D eigenvalue weighted by molar-refractivity contribution is -0.137. The molecule has 0 saturated heterocycles. The largest absolute Gasteiger partial charge is 0.463 e. The van der Waals surface area contributed by atoms with E-state index < -0.39 is 0 Å². The van der Waals surface area contributed by atoms with Crippen molar-refractivity contribution in [1.82, 2.24) is 0 Å². The predicted octanol–water partition coefficient (Wildman–Crippen LogP) is 4.43. The number of allylic oxidation sites excluding steroid dienone is 4. The van der Waals surface area contributed by atoms with E-state index in [4.69, 9.17) is 4.74 Å². The summed E-state index contributed by atoms with van der Waals surface area (Å²) < 4.78 is 4.88. The monoisotopic (exact) mass is 262 g/mol. The van der Waals surface area contributed by atoms with Crippen LogP contribution in [0.5, 0.6) is 0 Å². The van der Waals surface area contributed by atoms with Crippen LogP contribution in [-0.2, 0) is 9.53 Å². The predicted molar refractivity (Wildman–Crippen MR) is 79.8 cm³/mol. The van der Waals surface area contributed by atoms with Crippen LogP contribution in [-0.4, -0.2) is 12.6 Å². The highest BCUT2D eigenvalue weighted by Gasteiger charge is 2.25. The quantitative estimate of drug-likeness (QED) is 0.385. The third-order valence-electron chi connectivity index (χ3n) is 3.86. The number of ether oxygens (including phenoxy) is 1. The molecular weight excluding hydrogens is 236 g/mol. The molecule has 0 bridgehead atoms. The van der Waals surface area contributed by atoms with Crippen molar-refractivity contribution in [3.05, 3.63) is 36.5 Å². The van der Waals surface area contributed by atoms with Crippen molar-refractivity contribution in [3.8, 4) is 0 Å². The Hall–Kier alpha value is -1.31. The van der Waals surface area contributed by atoms with Gasteiger partial charge in [0.05, 0.1) is 6.61 Å². The zero-order valence-electron chi connectivity index (χ0n) is 12.2. The van der Waals surface area contributed by atoms with E-state index in [0.717, 1.165) is 18.8 Å². The minimum absolute atomic E-state index is 0.223. The van der Waals surface area contributed by atoms with E-state index in [0.29, 0.717) is 12.5 Å². The summed E-state index contributed by atoms with van der Waals surface area (Å²) in [6.45, 7) is 8.15. The topological polar surface area (TPSA) is 26.3 Å². The number of esters is 1. The molecule has 2 atom stereocenters. The molecule has 0 spiro atoms. The van der Waals surface area contributed by atoms with Gasteiger partial charge in [-0.1, -0.05) is 36.8 Å². The molecule has 1 saturated carbocycles. The number of carbonyl (C=O) groups excluding carboxylic acids is 1. The Morgan fingerprint density at radius 2 is 2.00 bits per heavy atom. The molecule has 106 valence electrons. The van der Waals surface area contributed by atoms with Crippen molar-refractivity contribution in [1.29, 1.82) is 0 Å². The molecule has 0 aromatic rings. The van der Waals surface area contributed by atoms with Crippen LogP contribution < -0.4 is 0 Å². The summed E-state index contributed by atoms with van der Waals surface area (Å²) in [5, 5.41) is 0. The summed E-state index contributed by atoms with van der Waals surface area (Å²) in [5.41, 5.74) is 1.26. The molecule has 0 aliphatic heterocycles. The van der Waals surface area contributed by atoms with E-state index in [1.54, 1.807) is 6.08 Å². The third kappa shape index (κ3) is 5.91. The van der Waals surface area contributed by atoms with Crippen LogP contribution >= 0.6 is 0 Å². The summed E-state index contributed by atoms with van der Waals surface area (Å²) in [7, 11) is 0. The molecule has 19 heavy (non-hydrogen) atoms. The Morgan fingerprint density at radius 3 is 2.63 bits per heavy atom. The molecule has 2 nitrogen and oxygen atoms in total. The highest BCUT2D eigenvalue weighted by molar-refractivity contribution is 5.81. The van der Waals surface area contributed by atoms with Crippen molar-refractivity contribution in [2.45, 2.75) is 46.0 Å². The van der Waals surface area contributed by atoms with Crippen LogP contribution in [0.3, 0.4) is 0 Å². The van der Waals surface area contributed by atoms with Gasteiger partial charge in [-0.3, -0.25) is 0 Å². The normalized spacial score (nSPS) is 23.8. The summed E-state index contributed by atoms with van der Waals surface area (Å²) in [5.74, 6) is 1.24. The number of rotatable bonds is 7. The van der Waals surface area contributed by atoms with Crippen LogP contribution in [0.2, 0.25) is 0 Å². The minimum Gasteiger partial charge on any atom is -0.463 e. The van der Waals surface area contributed by atoms with Gasteiger partial charge in [0, 0.05) is 6.08 Å². The number of carbonyl (C=O) groups is 1. The lowest BCUT2D eigenvalue weighted by Crippen LogP contribution is -2.06. The first kappa shape index (κ1) is 15.7. The molecule has 0 heterocycles. The molecule has 0 N–H and O–H groups in total. The van der Waals surface area contributed by atoms with Gasteiger partial charge in [0.1, 0.15) is 0 Å². The summed E-state index contributed by atoms with van der Waals surface area (Å²) in [6, 6.07) is 0. The van der Waals surface area contributed by atoms with Crippen molar-refractivity contribution >= 4 is 5.97 Å². The van der Waals surface area contributed by atoms with E-state index in [1.165, 1.54) is 24.8 Å². The van der Waals surface area contributed by atoms with Crippen LogP contribution in [0.4, 0.5) is 0 Å². The van der Waals surface area contributed by atoms with Crippen LogP contribution in [0, 0.1) is 11.8 Å². The maximum Gasteiger partial charge on any atom is 0.330 e. The fourth-order valence-corrected chi connectivity index (χ4v) is 2.68. The molecule has 0 radical (unpaired) electrons. The maximum absolute atomic E-state index is 11.2. The zero-order chi connectivity index (χ0) is 14.1. The fourth-order valence-electron chi connectivity index (χ4n) is 2.68. The number of hydrogen-bond donors (Lipinski definition) is 0. The van der Waals surface area contributed by atoms with Crippen molar-refractivity contribution in [3.63, 3.8) is 0 Å². The molecule has 1 rings (SSSR count). The van der Waals surface area contributed by atoms with Gasteiger partial charge in [-0.05, 0) is 51.4 Å². The molecular formula is C17H26O2. The van der Waals surface area contributed by atoms with E-state index >= 15 is 0 Å². The smallest absolute Gasteiger partial charge is 0.330 e. The molecule has 0 unspecified atom stereocenters. The minimum atomic E-state index is -0.223. The second-order valence-corrected chi connectivity index (χ2v) is 5.23. The van der Waals surface area contributed by atoms with Gasteiger partial charge in [-0.2, -0.15) is 0 Å². The second-order valence-electron chi connectivity index (χ2n) is 5.23. The summed E-state index contributed by atoms with van der Waals surface area (Å²) in [6.07, 6.45) is 13.8. The molecule has 0 aromatic heterocycles. The van der Waals surface area contributed by atoms with E-state index in [2.05, 4.69) is 19.6 Å². The highest BCUT2D eigenvalue weighted by atomic mass is 16.5. The second kappa shape index (κ2) is 8.73. The fraction of sp³-hybridized carbons (Fsp3) is 0.588. The molecule has 0 amide bonds. The van der Waals surface area contributed by atoms with Gasteiger partial charge in [0.15, 0.2) is 0 Å². The highest BCUT2D eigenvalue weighted by Crippen LogP contribution is 2.37. The maximum atomic E-state index is 11.2. The van der Waals surface area contributed by atoms with Crippen LogP contribution in [0.25, 0.3) is 0 Å². The Bertz CT molecular complexity index is 352. The zero-order valence-corrected chi connectivity index (χ0v) is 12.2. The van der Waals surface area contributed by atoms with Crippen molar-refractivity contribution in [2.75, 3.05) is 6.61 Å². The van der Waals surface area contributed by atoms with E-state index in [9.17, 15) is 4.79 Å². The average molecular weight is 262 g/mol. The standard InChI is InChI=1S/C17H26O2/c1-4-14(3)12-13-16-9-6-8-15(16)10-7-11-17(18)19-5-2/h4,7,11-12,15-16H,1,5-6,8-10,13H2,2-3H3/b11-7+,14-12+/t15-,16-/m0/s1. The van der Waals surface area contributed by atoms with Crippen LogP contribution in [0.15, 0.2) is 36.5 Å². The number of hydrogen-bond acceptors (Lipinski definition) is 2. The summed E-state index contributed by atoms with van der Waals surface area (Å²) >= 11 is 0. The Labute approximate surface area is 117 Å². The van der Waals surface area contributed by atoms with Gasteiger partial charge in [0.2, 0.25) is 0 Å². The molecule has 1 aliphatic rings. The molecule has 0 aromatic carbocycles. The Balaban J connectivity index is 2.39. The van der Waals surface area contributed by atoms with Crippen molar-refractivity contribution in [2.24, 2.45) is 11.8 Å². The van der Waals surface area contributed by atoms with Crippen molar-refractivity contribution < 1.29 is 9.53 Å². The van der Waals surface area contributed by atoms with Gasteiger partial charge in [-0.15, -0.1) is 0 Å². The first-order valence-electron chi connectivity index (χ1n) is 7.29. The average Bonchev–Trinajstić information content (AvgIpc) is 2.84. The Kier molecular flexibility index (Phi) is 7.24. The van der Waals surface area contributed by atoms with Crippen LogP contribution in [0.1, 0.15) is 46.0 Å². The van der Waals surface area contributed by atoms with E-state index in [1.807, 2.05) is 19.1 Å². The van der Waals surface area contributed by atoms with Gasteiger partial charge in [0.25, 0.3) is 0 Å².